The van der Waals surface area contributed by atoms with E-state index in [1.165, 1.54) is 7.06 Å². The molecule has 80 heavy (non-hydrogen) atoms. The second kappa shape index (κ2) is 28.8. The minimum atomic E-state index is -0.537. The highest BCUT2D eigenvalue weighted by Crippen LogP contribution is 2.37. The second-order valence-electron chi connectivity index (χ2n) is 19.0. The predicted octanol–water partition coefficient (Wildman–Crippen LogP) is 5.01. The number of aryl methyl sites for hydroxylation is 2. The summed E-state index contributed by atoms with van der Waals surface area (Å²) in [5.41, 5.74) is 16.2. The average Bonchev–Trinajstić information content (AvgIpc) is 4.27. The lowest BCUT2D eigenvalue weighted by Gasteiger charge is -2.31. The van der Waals surface area contributed by atoms with Gasteiger partial charge in [0.2, 0.25) is 0 Å². The van der Waals surface area contributed by atoms with Gasteiger partial charge in [0, 0.05) is 114 Å². The molecule has 11 rings (SSSR count). The van der Waals surface area contributed by atoms with Gasteiger partial charge in [0.15, 0.2) is 0 Å². The minimum absolute atomic E-state index is 0.239. The van der Waals surface area contributed by atoms with Gasteiger partial charge in [-0.3, -0.25) is 0 Å². The van der Waals surface area contributed by atoms with Crippen molar-refractivity contribution >= 4 is 97.0 Å². The van der Waals surface area contributed by atoms with Crippen LogP contribution in [0, 0.1) is 0 Å². The first-order valence-electron chi connectivity index (χ1n) is 26.1. The molecule has 0 atom stereocenters. The normalized spacial score (nSPS) is 12.7. The van der Waals surface area contributed by atoms with Crippen LogP contribution in [0.5, 0.6) is 17.2 Å². The number of nitrogens with one attached hydrogen (secondary N) is 5. The molecule has 3 aromatic heterocycles. The van der Waals surface area contributed by atoms with Crippen LogP contribution >= 0.6 is 0 Å². The van der Waals surface area contributed by atoms with Crippen molar-refractivity contribution in [2.24, 2.45) is 14.1 Å². The van der Waals surface area contributed by atoms with Crippen LogP contribution in [-0.2, 0) is 46.8 Å². The maximum absolute atomic E-state index is 12.2. The van der Waals surface area contributed by atoms with Gasteiger partial charge in [-0.1, -0.05) is 60.7 Å². The van der Waals surface area contributed by atoms with Crippen LogP contribution in [0.3, 0.4) is 0 Å². The molecular weight excluding hydrogens is 1000 g/mol. The van der Waals surface area contributed by atoms with E-state index in [4.69, 9.17) is 50.9 Å². The van der Waals surface area contributed by atoms with E-state index in [0.29, 0.717) is 46.0 Å². The van der Waals surface area contributed by atoms with Crippen molar-refractivity contribution in [3.8, 4) is 17.2 Å². The lowest BCUT2D eigenvalue weighted by molar-refractivity contribution is 0.251. The average molecular weight is 1060 g/mol. The summed E-state index contributed by atoms with van der Waals surface area (Å²) in [6.07, 6.45) is 10.2. The Labute approximate surface area is 474 Å². The van der Waals surface area contributed by atoms with Crippen LogP contribution in [0.1, 0.15) is 28.2 Å². The Morgan fingerprint density at radius 1 is 0.637 bits per heavy atom. The molecule has 26 heteroatoms. The largest absolute Gasteiger partial charge is 0.490 e. The van der Waals surface area contributed by atoms with Crippen LogP contribution in [-0.4, -0.2) is 131 Å². The molecule has 3 aliphatic rings. The van der Waals surface area contributed by atoms with E-state index in [9.17, 15) is 9.59 Å². The molecule has 3 aliphatic heterocycles. The summed E-state index contributed by atoms with van der Waals surface area (Å²) in [6.45, 7) is 7.50. The molecule has 0 spiro atoms. The van der Waals surface area contributed by atoms with Crippen LogP contribution in [0.2, 0.25) is 0 Å². The topological polar surface area (TPSA) is 210 Å². The lowest BCUT2D eigenvalue weighted by Crippen LogP contribution is -2.43. The van der Waals surface area contributed by atoms with Gasteiger partial charge in [-0.2, -0.15) is 0 Å². The number of aromatic nitrogens is 6. The molecule has 397 valence electrons. The van der Waals surface area contributed by atoms with Gasteiger partial charge in [-0.05, 0) is 65.7 Å². The van der Waals surface area contributed by atoms with Gasteiger partial charge in [0.05, 0.1) is 92.4 Å². The summed E-state index contributed by atoms with van der Waals surface area (Å²) in [4.78, 5) is 47.1. The quantitative estimate of drug-likeness (QED) is 0.0628. The maximum atomic E-state index is 12.2. The highest BCUT2D eigenvalue weighted by molar-refractivity contribution is 7.81. The van der Waals surface area contributed by atoms with E-state index in [1.807, 2.05) is 163 Å². The highest BCUT2D eigenvalue weighted by Gasteiger charge is 2.23. The number of aromatic amines is 1. The van der Waals surface area contributed by atoms with Crippen LogP contribution in [0.15, 0.2) is 153 Å². The van der Waals surface area contributed by atoms with Gasteiger partial charge >= 0.3 is 12.1 Å². The SMILES string of the molecule is Cn1cnc(CN2CCOc3ccc(N)cc32)c1.Cn1cnc(CN2CCOc3ccc(NC(=O)NCc4ccccc4)cc32)c1.O=C(NCc1ccccc1)Nc1ccc2c(c1)N(Cc1cnc[nH]1)CCO2.[B][B]B([B])B([B])[B]. The number of nitrogens with two attached hydrogens (primary N) is 1. The fourth-order valence-corrected chi connectivity index (χ4v) is 8.58. The molecule has 9 radical (unpaired) electrons. The smallest absolute Gasteiger partial charge is 0.319 e. The second-order valence-corrected chi connectivity index (χ2v) is 19.0. The predicted molar refractivity (Wildman–Crippen MR) is 323 cm³/mol. The first-order valence-corrected chi connectivity index (χ1v) is 26.1. The van der Waals surface area contributed by atoms with Crippen molar-refractivity contribution in [2.75, 3.05) is 70.5 Å². The minimum Gasteiger partial charge on any atom is -0.490 e. The summed E-state index contributed by atoms with van der Waals surface area (Å²) in [5, 5.41) is 11.5. The number of carbonyl (C=O) groups excluding carboxylic acids is 2. The molecule has 0 bridgehead atoms. The monoisotopic (exact) mass is 1060 g/mol. The number of H-pyrrole nitrogens is 1. The standard InChI is InChI=1S/C21H23N5O2.C20H21N5O2.C13H16N4O.B7/c1-25-13-18(23-15-25)14-26-9-10-28-20-8-7-17(11-19(20)26)24-21(27)22-12-16-5-3-2-4-6-16;26-20(22-11-15-4-2-1-3-5-15)24-16-6-7-19-18(10-16)25(8-9-27-19)13-17-12-21-14-23-17;1-16-7-11(15-9-16)8-17-4-5-18-13-3-2-10(14)6-12(13)17;1-5-7(4)6(2)3/h2-8,11,13,15H,9-10,12,14H2,1H3,(H2,22,24,27);1-7,10,12,14H,8-9,11,13H2,(H,21,23)(H2,22,24,26);2-3,6-7,9H,4-5,8,14H2,1H3;. The van der Waals surface area contributed by atoms with Gasteiger partial charge in [-0.25, -0.2) is 24.5 Å². The Morgan fingerprint density at radius 2 is 1.09 bits per heavy atom. The Balaban J connectivity index is 0.000000151. The summed E-state index contributed by atoms with van der Waals surface area (Å²) in [6, 6.07) is 36.3. The number of anilines is 6. The molecule has 0 saturated heterocycles. The highest BCUT2D eigenvalue weighted by atomic mass is 16.5. The maximum Gasteiger partial charge on any atom is 0.319 e. The number of amides is 4. The Hall–Kier alpha value is -8.68. The summed E-state index contributed by atoms with van der Waals surface area (Å²) < 4.78 is 21.0. The number of benzene rings is 5. The Morgan fingerprint density at radius 3 is 1.49 bits per heavy atom. The molecular formula is C54H60B7N14O5. The third-order valence-electron chi connectivity index (χ3n) is 12.7. The fraction of sp³-hybridized carbons (Fsp3) is 0.241. The third-order valence-corrected chi connectivity index (χ3v) is 12.7. The van der Waals surface area contributed by atoms with E-state index >= 15 is 0 Å². The summed E-state index contributed by atoms with van der Waals surface area (Å²) in [5.74, 6) is 2.53. The van der Waals surface area contributed by atoms with Crippen molar-refractivity contribution in [1.82, 2.24) is 39.7 Å². The number of carbonyl (C=O) groups is 2. The molecule has 7 N–H and O–H groups in total. The zero-order valence-corrected chi connectivity index (χ0v) is 44.9. The Kier molecular flexibility index (Phi) is 20.7. The number of ether oxygens (including phenoxy) is 3. The number of nitrogens with zero attached hydrogens (tertiary/aromatic N) is 8. The summed E-state index contributed by atoms with van der Waals surface area (Å²) in [7, 11) is 25.5. The van der Waals surface area contributed by atoms with Crippen molar-refractivity contribution in [3.63, 3.8) is 0 Å². The van der Waals surface area contributed by atoms with Crippen molar-refractivity contribution in [3.05, 3.63) is 181 Å². The molecule has 5 aromatic carbocycles. The third kappa shape index (κ3) is 17.2. The molecule has 0 aliphatic carbocycles. The van der Waals surface area contributed by atoms with Crippen molar-refractivity contribution in [1.29, 1.82) is 0 Å². The zero-order chi connectivity index (χ0) is 56.2. The number of fused-ring (bicyclic) bond motifs is 3. The molecule has 19 nitrogen and oxygen atoms in total. The van der Waals surface area contributed by atoms with E-state index in [0.717, 1.165) is 106 Å². The lowest BCUT2D eigenvalue weighted by atomic mass is 8.76. The molecule has 8 aromatic rings. The number of imidazole rings is 3. The fourth-order valence-electron chi connectivity index (χ4n) is 8.58. The molecule has 4 amide bonds. The van der Waals surface area contributed by atoms with E-state index < -0.39 is 6.39 Å². The van der Waals surface area contributed by atoms with Crippen molar-refractivity contribution < 1.29 is 23.8 Å². The van der Waals surface area contributed by atoms with Crippen LogP contribution in [0.4, 0.5) is 43.7 Å². The zero-order valence-electron chi connectivity index (χ0n) is 44.9. The van der Waals surface area contributed by atoms with Gasteiger partial charge in [0.1, 0.15) is 37.1 Å². The number of hydrogen-bond acceptors (Lipinski definition) is 12. The van der Waals surface area contributed by atoms with Gasteiger partial charge in [-0.15, -0.1) is 0 Å². The van der Waals surface area contributed by atoms with Crippen LogP contribution < -0.4 is 55.9 Å². The molecule has 0 fully saturated rings. The Bertz CT molecular complexity index is 3210. The van der Waals surface area contributed by atoms with E-state index in [1.54, 1.807) is 12.7 Å². The number of rotatable bonds is 14. The van der Waals surface area contributed by atoms with E-state index in [-0.39, 0.29) is 18.4 Å². The first-order chi connectivity index (χ1) is 38.8. The van der Waals surface area contributed by atoms with Crippen LogP contribution in [0.25, 0.3) is 0 Å². The molecule has 6 heterocycles. The number of nitrogen functional groups attached to an aromatic ring is 1. The molecule has 0 unspecified atom stereocenters. The van der Waals surface area contributed by atoms with Crippen molar-refractivity contribution in [2.45, 2.75) is 32.7 Å². The van der Waals surface area contributed by atoms with Gasteiger partial charge < -0.3 is 70.0 Å². The summed E-state index contributed by atoms with van der Waals surface area (Å²) >= 11 is 0. The number of hydrogen-bond donors (Lipinski definition) is 6. The van der Waals surface area contributed by atoms with Gasteiger partial charge in [0.25, 0.3) is 0 Å². The number of urea groups is 2. The molecule has 0 saturated carbocycles. The first kappa shape index (κ1) is 57.5. The van der Waals surface area contributed by atoms with E-state index in [2.05, 4.69) is 55.9 Å².